The summed E-state index contributed by atoms with van der Waals surface area (Å²) in [5, 5.41) is 0. The van der Waals surface area contributed by atoms with E-state index in [9.17, 15) is 9.59 Å². The van der Waals surface area contributed by atoms with E-state index in [2.05, 4.69) is 23.6 Å². The van der Waals surface area contributed by atoms with E-state index in [1.54, 1.807) is 0 Å². The third-order valence-corrected chi connectivity index (χ3v) is 6.25. The van der Waals surface area contributed by atoms with Crippen LogP contribution in [0.3, 0.4) is 0 Å². The zero-order valence-corrected chi connectivity index (χ0v) is 17.2. The molecule has 0 aromatic rings. The van der Waals surface area contributed by atoms with Gasteiger partial charge in [-0.1, -0.05) is 20.3 Å². The van der Waals surface area contributed by atoms with Crippen molar-refractivity contribution < 1.29 is 14.3 Å². The van der Waals surface area contributed by atoms with Crippen LogP contribution in [0, 0.1) is 11.8 Å². The van der Waals surface area contributed by atoms with Gasteiger partial charge >= 0.3 is 0 Å². The van der Waals surface area contributed by atoms with E-state index in [1.807, 2.05) is 4.90 Å². The largest absolute Gasteiger partial charge is 0.379 e. The smallest absolute Gasteiger partial charge is 0.225 e. The first-order valence-corrected chi connectivity index (χ1v) is 10.9. The molecule has 154 valence electrons. The highest BCUT2D eigenvalue weighted by molar-refractivity contribution is 5.80. The minimum Gasteiger partial charge on any atom is -0.379 e. The molecule has 0 bridgehead atoms. The Morgan fingerprint density at radius 1 is 1.11 bits per heavy atom. The highest BCUT2D eigenvalue weighted by Gasteiger charge is 2.37. The standard InChI is InChI=1S/C21H37N3O3/c1-17(2)15-20(25)23-10-7-19(16-23)24(21(26)18-5-3-6-18)9-4-8-22-11-13-27-14-12-22/h17-19H,3-16H2,1-2H3. The lowest BCUT2D eigenvalue weighted by Crippen LogP contribution is -2.48. The minimum absolute atomic E-state index is 0.207. The van der Waals surface area contributed by atoms with E-state index in [-0.39, 0.29) is 17.9 Å². The van der Waals surface area contributed by atoms with Gasteiger partial charge in [-0.25, -0.2) is 0 Å². The Bertz CT molecular complexity index is 501. The van der Waals surface area contributed by atoms with Crippen LogP contribution in [-0.2, 0) is 14.3 Å². The molecular formula is C21H37N3O3. The molecular weight excluding hydrogens is 342 g/mol. The van der Waals surface area contributed by atoms with Gasteiger partial charge in [0.05, 0.1) is 19.3 Å². The van der Waals surface area contributed by atoms with Crippen molar-refractivity contribution in [3.8, 4) is 0 Å². The third-order valence-electron chi connectivity index (χ3n) is 6.25. The lowest BCUT2D eigenvalue weighted by Gasteiger charge is -2.36. The minimum atomic E-state index is 0.207. The summed E-state index contributed by atoms with van der Waals surface area (Å²) in [6.07, 6.45) is 5.82. The van der Waals surface area contributed by atoms with Crippen LogP contribution in [0.15, 0.2) is 0 Å². The Morgan fingerprint density at radius 3 is 2.48 bits per heavy atom. The number of hydrogen-bond donors (Lipinski definition) is 0. The third kappa shape index (κ3) is 5.67. The fourth-order valence-electron chi connectivity index (χ4n) is 4.35. The van der Waals surface area contributed by atoms with Crippen LogP contribution in [0.1, 0.15) is 52.4 Å². The fourth-order valence-corrected chi connectivity index (χ4v) is 4.35. The van der Waals surface area contributed by atoms with Crippen molar-refractivity contribution in [2.24, 2.45) is 11.8 Å². The molecule has 0 aromatic carbocycles. The number of amides is 2. The summed E-state index contributed by atoms with van der Waals surface area (Å²) in [6, 6.07) is 0.207. The van der Waals surface area contributed by atoms with Gasteiger partial charge in [0.25, 0.3) is 0 Å². The molecule has 27 heavy (non-hydrogen) atoms. The monoisotopic (exact) mass is 379 g/mol. The van der Waals surface area contributed by atoms with Crippen molar-refractivity contribution in [1.82, 2.24) is 14.7 Å². The molecule has 3 fully saturated rings. The second kappa shape index (κ2) is 9.87. The number of carbonyl (C=O) groups excluding carboxylic acids is 2. The maximum absolute atomic E-state index is 13.0. The number of likely N-dealkylation sites (tertiary alicyclic amines) is 1. The lowest BCUT2D eigenvalue weighted by atomic mass is 9.84. The number of hydrogen-bond acceptors (Lipinski definition) is 4. The molecule has 2 heterocycles. The molecule has 1 saturated carbocycles. The van der Waals surface area contributed by atoms with E-state index in [1.165, 1.54) is 6.42 Å². The predicted octanol–water partition coefficient (Wildman–Crippen LogP) is 1.98. The van der Waals surface area contributed by atoms with Crippen molar-refractivity contribution in [2.45, 2.75) is 58.4 Å². The van der Waals surface area contributed by atoms with E-state index in [0.717, 1.165) is 78.2 Å². The van der Waals surface area contributed by atoms with Crippen LogP contribution < -0.4 is 0 Å². The molecule has 0 N–H and O–H groups in total. The molecule has 0 spiro atoms. The lowest BCUT2D eigenvalue weighted by molar-refractivity contribution is -0.141. The number of nitrogens with zero attached hydrogens (tertiary/aromatic N) is 3. The molecule has 0 radical (unpaired) electrons. The van der Waals surface area contributed by atoms with Crippen LogP contribution in [0.25, 0.3) is 0 Å². The first-order valence-electron chi connectivity index (χ1n) is 10.9. The van der Waals surface area contributed by atoms with Crippen LogP contribution in [0.4, 0.5) is 0 Å². The van der Waals surface area contributed by atoms with Crippen LogP contribution >= 0.6 is 0 Å². The number of rotatable bonds is 8. The summed E-state index contributed by atoms with van der Waals surface area (Å²) in [6.45, 7) is 11.2. The SMILES string of the molecule is CC(C)CC(=O)N1CCC(N(CCCN2CCOCC2)C(=O)C2CCC2)C1. The van der Waals surface area contributed by atoms with Gasteiger partial charge in [-0.05, 0) is 31.6 Å². The molecule has 6 heteroatoms. The van der Waals surface area contributed by atoms with Gasteiger partial charge < -0.3 is 14.5 Å². The highest BCUT2D eigenvalue weighted by atomic mass is 16.5. The van der Waals surface area contributed by atoms with E-state index >= 15 is 0 Å². The molecule has 0 aromatic heterocycles. The highest BCUT2D eigenvalue weighted by Crippen LogP contribution is 2.30. The molecule has 1 aliphatic carbocycles. The Labute approximate surface area is 164 Å². The quantitative estimate of drug-likeness (QED) is 0.647. The van der Waals surface area contributed by atoms with E-state index in [4.69, 9.17) is 4.74 Å². The zero-order valence-electron chi connectivity index (χ0n) is 17.2. The van der Waals surface area contributed by atoms with Crippen molar-refractivity contribution in [1.29, 1.82) is 0 Å². The molecule has 1 atom stereocenters. The number of ether oxygens (including phenoxy) is 1. The van der Waals surface area contributed by atoms with Crippen molar-refractivity contribution in [2.75, 3.05) is 52.5 Å². The molecule has 2 aliphatic heterocycles. The molecule has 3 rings (SSSR count). The molecule has 2 saturated heterocycles. The van der Waals surface area contributed by atoms with E-state index < -0.39 is 0 Å². The Balaban J connectivity index is 1.53. The maximum atomic E-state index is 13.0. The predicted molar refractivity (Wildman–Crippen MR) is 105 cm³/mol. The second-order valence-corrected chi connectivity index (χ2v) is 8.85. The van der Waals surface area contributed by atoms with Gasteiger partial charge in [-0.15, -0.1) is 0 Å². The summed E-state index contributed by atoms with van der Waals surface area (Å²) in [4.78, 5) is 32.0. The molecule has 3 aliphatic rings. The van der Waals surface area contributed by atoms with E-state index in [0.29, 0.717) is 18.2 Å². The molecule has 1 unspecified atom stereocenters. The summed E-state index contributed by atoms with van der Waals surface area (Å²) in [7, 11) is 0. The number of carbonyl (C=O) groups is 2. The Morgan fingerprint density at radius 2 is 1.85 bits per heavy atom. The van der Waals surface area contributed by atoms with Crippen molar-refractivity contribution in [3.63, 3.8) is 0 Å². The van der Waals surface area contributed by atoms with Gasteiger partial charge in [0.1, 0.15) is 0 Å². The fraction of sp³-hybridized carbons (Fsp3) is 0.905. The average Bonchev–Trinajstić information content (AvgIpc) is 3.07. The summed E-state index contributed by atoms with van der Waals surface area (Å²) in [5.41, 5.74) is 0. The summed E-state index contributed by atoms with van der Waals surface area (Å²) < 4.78 is 5.42. The topological polar surface area (TPSA) is 53.1 Å². The van der Waals surface area contributed by atoms with Crippen LogP contribution in [-0.4, -0.2) is 85.0 Å². The van der Waals surface area contributed by atoms with Gasteiger partial charge in [0.15, 0.2) is 0 Å². The first-order chi connectivity index (χ1) is 13.0. The maximum Gasteiger partial charge on any atom is 0.225 e. The number of morpholine rings is 1. The van der Waals surface area contributed by atoms with Crippen molar-refractivity contribution in [3.05, 3.63) is 0 Å². The Kier molecular flexibility index (Phi) is 7.53. The van der Waals surface area contributed by atoms with Crippen molar-refractivity contribution >= 4 is 11.8 Å². The normalized spacial score (nSPS) is 24.3. The van der Waals surface area contributed by atoms with Gasteiger partial charge in [0.2, 0.25) is 11.8 Å². The summed E-state index contributed by atoms with van der Waals surface area (Å²) >= 11 is 0. The van der Waals surface area contributed by atoms with Gasteiger partial charge in [-0.3, -0.25) is 14.5 Å². The second-order valence-electron chi connectivity index (χ2n) is 8.85. The zero-order chi connectivity index (χ0) is 19.2. The average molecular weight is 380 g/mol. The molecule has 2 amide bonds. The van der Waals surface area contributed by atoms with Gasteiger partial charge in [-0.2, -0.15) is 0 Å². The first kappa shape index (κ1) is 20.6. The van der Waals surface area contributed by atoms with Crippen LogP contribution in [0.5, 0.6) is 0 Å². The van der Waals surface area contributed by atoms with Crippen LogP contribution in [0.2, 0.25) is 0 Å². The van der Waals surface area contributed by atoms with Gasteiger partial charge in [0, 0.05) is 51.6 Å². The molecule has 6 nitrogen and oxygen atoms in total. The Hall–Kier alpha value is -1.14. The summed E-state index contributed by atoms with van der Waals surface area (Å²) in [5.74, 6) is 1.20.